The van der Waals surface area contributed by atoms with Crippen molar-refractivity contribution in [2.24, 2.45) is 0 Å². The molecule has 0 radical (unpaired) electrons. The first-order chi connectivity index (χ1) is 11.8. The number of rotatable bonds is 7. The summed E-state index contributed by atoms with van der Waals surface area (Å²) in [4.78, 5) is 11.7. The predicted octanol–water partition coefficient (Wildman–Crippen LogP) is 2.53. The minimum absolute atomic E-state index is 0.0361. The molecule has 0 aliphatic rings. The molecule has 2 aromatic carbocycles. The lowest BCUT2D eigenvalue weighted by Crippen LogP contribution is -2.26. The Morgan fingerprint density at radius 3 is 2.52 bits per heavy atom. The van der Waals surface area contributed by atoms with Gasteiger partial charge in [0.25, 0.3) is 5.91 Å². The molecule has 0 aliphatic carbocycles. The summed E-state index contributed by atoms with van der Waals surface area (Å²) in [5, 5.41) is 2.68. The van der Waals surface area contributed by atoms with Crippen LogP contribution in [0, 0.1) is 12.7 Å². The molecular weight excluding hydrogens is 343 g/mol. The van der Waals surface area contributed by atoms with Crippen LogP contribution in [0.3, 0.4) is 0 Å². The Morgan fingerprint density at radius 1 is 1.20 bits per heavy atom. The van der Waals surface area contributed by atoms with Crippen LogP contribution in [0.5, 0.6) is 0 Å². The number of nitrogens with one attached hydrogen (secondary N) is 2. The number of amides is 1. The lowest BCUT2D eigenvalue weighted by Gasteiger charge is -2.09. The molecule has 2 aromatic rings. The second kappa shape index (κ2) is 8.04. The average Bonchev–Trinajstić information content (AvgIpc) is 2.59. The first-order valence-corrected chi connectivity index (χ1v) is 9.05. The maximum atomic E-state index is 13.9. The molecule has 2 N–H and O–H groups in total. The van der Waals surface area contributed by atoms with Crippen LogP contribution in [0.2, 0.25) is 0 Å². The molecule has 0 saturated heterocycles. The van der Waals surface area contributed by atoms with E-state index in [-0.39, 0.29) is 18.7 Å². The van der Waals surface area contributed by atoms with Gasteiger partial charge in [-0.1, -0.05) is 35.9 Å². The quantitative estimate of drug-likeness (QED) is 0.743. The smallest absolute Gasteiger partial charge is 0.251 e. The van der Waals surface area contributed by atoms with E-state index in [4.69, 9.17) is 0 Å². The summed E-state index contributed by atoms with van der Waals surface area (Å²) in [5.74, 6) is -1.41. The highest BCUT2D eigenvalue weighted by molar-refractivity contribution is 7.89. The van der Waals surface area contributed by atoms with Gasteiger partial charge in [-0.15, -0.1) is 6.58 Å². The highest BCUT2D eigenvalue weighted by Crippen LogP contribution is 2.16. The number of carbonyl (C=O) groups excluding carboxylic acids is 1. The van der Waals surface area contributed by atoms with Gasteiger partial charge in [-0.3, -0.25) is 4.79 Å². The van der Waals surface area contributed by atoms with Crippen LogP contribution < -0.4 is 10.0 Å². The summed E-state index contributed by atoms with van der Waals surface area (Å²) in [5.41, 5.74) is 2.07. The molecule has 0 aliphatic heterocycles. The molecule has 1 amide bonds. The molecular formula is C18H19FN2O3S. The van der Waals surface area contributed by atoms with Gasteiger partial charge in [0.15, 0.2) is 0 Å². The highest BCUT2D eigenvalue weighted by atomic mass is 32.2. The molecule has 132 valence electrons. The SMILES string of the molecule is C=CCNS(=O)(=O)c1cc(C(=O)NCc2ccc(C)cc2)ccc1F. The topological polar surface area (TPSA) is 75.3 Å². The zero-order valence-electron chi connectivity index (χ0n) is 13.8. The Hall–Kier alpha value is -2.51. The molecule has 0 atom stereocenters. The number of hydrogen-bond acceptors (Lipinski definition) is 3. The summed E-state index contributed by atoms with van der Waals surface area (Å²) in [6.07, 6.45) is 1.34. The third-order valence-corrected chi connectivity index (χ3v) is 4.91. The van der Waals surface area contributed by atoms with Crippen LogP contribution in [-0.2, 0) is 16.6 Å². The number of hydrogen-bond donors (Lipinski definition) is 2. The first kappa shape index (κ1) is 18.8. The van der Waals surface area contributed by atoms with Crippen LogP contribution in [0.4, 0.5) is 4.39 Å². The molecule has 0 aromatic heterocycles. The molecule has 0 unspecified atom stereocenters. The van der Waals surface area contributed by atoms with Crippen molar-refractivity contribution in [1.29, 1.82) is 0 Å². The zero-order valence-corrected chi connectivity index (χ0v) is 14.6. The normalized spacial score (nSPS) is 11.1. The number of carbonyl (C=O) groups is 1. The fraction of sp³-hybridized carbons (Fsp3) is 0.167. The van der Waals surface area contributed by atoms with Crippen molar-refractivity contribution >= 4 is 15.9 Å². The molecule has 5 nitrogen and oxygen atoms in total. The molecule has 0 bridgehead atoms. The van der Waals surface area contributed by atoms with E-state index in [2.05, 4.69) is 16.6 Å². The molecule has 0 heterocycles. The largest absolute Gasteiger partial charge is 0.348 e. The lowest BCUT2D eigenvalue weighted by molar-refractivity contribution is 0.0950. The monoisotopic (exact) mass is 362 g/mol. The van der Waals surface area contributed by atoms with Gasteiger partial charge >= 0.3 is 0 Å². The van der Waals surface area contributed by atoms with Crippen LogP contribution in [0.1, 0.15) is 21.5 Å². The van der Waals surface area contributed by atoms with Gasteiger partial charge in [-0.05, 0) is 30.7 Å². The molecule has 2 rings (SSSR count). The minimum Gasteiger partial charge on any atom is -0.348 e. The third-order valence-electron chi connectivity index (χ3n) is 3.47. The van der Waals surface area contributed by atoms with Crippen LogP contribution >= 0.6 is 0 Å². The van der Waals surface area contributed by atoms with Crippen molar-refractivity contribution in [3.63, 3.8) is 0 Å². The van der Waals surface area contributed by atoms with Gasteiger partial charge in [0.1, 0.15) is 10.7 Å². The Bertz CT molecular complexity index is 878. The van der Waals surface area contributed by atoms with Crippen LogP contribution in [-0.4, -0.2) is 20.9 Å². The predicted molar refractivity (Wildman–Crippen MR) is 94.1 cm³/mol. The van der Waals surface area contributed by atoms with E-state index in [0.717, 1.165) is 23.3 Å². The van der Waals surface area contributed by atoms with Gasteiger partial charge in [0.05, 0.1) is 0 Å². The Labute approximate surface area is 146 Å². The second-order valence-electron chi connectivity index (χ2n) is 5.45. The van der Waals surface area contributed by atoms with Gasteiger partial charge in [0.2, 0.25) is 10.0 Å². The van der Waals surface area contributed by atoms with E-state index in [1.54, 1.807) is 0 Å². The van der Waals surface area contributed by atoms with Gasteiger partial charge < -0.3 is 5.32 Å². The molecule has 7 heteroatoms. The third kappa shape index (κ3) is 4.98. The summed E-state index contributed by atoms with van der Waals surface area (Å²) < 4.78 is 40.2. The number of aryl methyl sites for hydroxylation is 1. The summed E-state index contributed by atoms with van der Waals surface area (Å²) >= 11 is 0. The summed E-state index contributed by atoms with van der Waals surface area (Å²) in [6, 6.07) is 10.8. The number of benzene rings is 2. The Morgan fingerprint density at radius 2 is 1.88 bits per heavy atom. The van der Waals surface area contributed by atoms with Gasteiger partial charge in [0, 0.05) is 18.7 Å². The first-order valence-electron chi connectivity index (χ1n) is 7.57. The maximum absolute atomic E-state index is 13.9. The summed E-state index contributed by atoms with van der Waals surface area (Å²) in [7, 11) is -4.06. The standard InChI is InChI=1S/C18H19FN2O3S/c1-3-10-21-25(23,24)17-11-15(8-9-16(17)19)18(22)20-12-14-6-4-13(2)5-7-14/h3-9,11,21H,1,10,12H2,2H3,(H,20,22). The van der Waals surface area contributed by atoms with Crippen molar-refractivity contribution in [1.82, 2.24) is 10.0 Å². The average molecular weight is 362 g/mol. The molecule has 0 fully saturated rings. The fourth-order valence-electron chi connectivity index (χ4n) is 2.09. The van der Waals surface area contributed by atoms with Gasteiger partial charge in [-0.25, -0.2) is 17.5 Å². The molecule has 25 heavy (non-hydrogen) atoms. The van der Waals surface area contributed by atoms with Crippen molar-refractivity contribution in [3.05, 3.63) is 77.6 Å². The van der Waals surface area contributed by atoms with E-state index in [9.17, 15) is 17.6 Å². The second-order valence-corrected chi connectivity index (χ2v) is 7.19. The van der Waals surface area contributed by atoms with E-state index < -0.39 is 26.6 Å². The lowest BCUT2D eigenvalue weighted by atomic mass is 10.1. The molecule has 0 spiro atoms. The fourth-order valence-corrected chi connectivity index (χ4v) is 3.19. The molecule has 0 saturated carbocycles. The van der Waals surface area contributed by atoms with Crippen molar-refractivity contribution in [3.8, 4) is 0 Å². The number of sulfonamides is 1. The van der Waals surface area contributed by atoms with E-state index in [0.29, 0.717) is 0 Å². The van der Waals surface area contributed by atoms with E-state index in [1.165, 1.54) is 12.1 Å². The Kier molecular flexibility index (Phi) is 6.06. The Balaban J connectivity index is 2.16. The zero-order chi connectivity index (χ0) is 18.4. The van der Waals surface area contributed by atoms with Crippen molar-refractivity contribution < 1.29 is 17.6 Å². The van der Waals surface area contributed by atoms with Crippen molar-refractivity contribution in [2.45, 2.75) is 18.4 Å². The highest BCUT2D eigenvalue weighted by Gasteiger charge is 2.20. The van der Waals surface area contributed by atoms with E-state index >= 15 is 0 Å². The summed E-state index contributed by atoms with van der Waals surface area (Å²) in [6.45, 7) is 5.61. The van der Waals surface area contributed by atoms with Crippen molar-refractivity contribution in [2.75, 3.05) is 6.54 Å². The van der Waals surface area contributed by atoms with Gasteiger partial charge in [-0.2, -0.15) is 0 Å². The van der Waals surface area contributed by atoms with E-state index in [1.807, 2.05) is 31.2 Å². The maximum Gasteiger partial charge on any atom is 0.251 e. The minimum atomic E-state index is -4.06. The number of halogens is 1. The van der Waals surface area contributed by atoms with Crippen LogP contribution in [0.15, 0.2) is 60.0 Å². The van der Waals surface area contributed by atoms with Crippen LogP contribution in [0.25, 0.3) is 0 Å².